The van der Waals surface area contributed by atoms with Crippen molar-refractivity contribution in [1.29, 1.82) is 0 Å². The smallest absolute Gasteiger partial charge is 0.228 e. The van der Waals surface area contributed by atoms with Crippen LogP contribution in [-0.2, 0) is 9.47 Å². The summed E-state index contributed by atoms with van der Waals surface area (Å²) in [5.41, 5.74) is 3.23. The van der Waals surface area contributed by atoms with Crippen molar-refractivity contribution in [2.24, 2.45) is 5.92 Å². The van der Waals surface area contributed by atoms with E-state index in [1.807, 2.05) is 20.1 Å². The summed E-state index contributed by atoms with van der Waals surface area (Å²) >= 11 is 0. The number of nitrogens with zero attached hydrogens (tertiary/aromatic N) is 7. The normalized spacial score (nSPS) is 26.1. The quantitative estimate of drug-likeness (QED) is 0.385. The largest absolute Gasteiger partial charge is 0.396 e. The van der Waals surface area contributed by atoms with Gasteiger partial charge in [0.05, 0.1) is 36.9 Å². The van der Waals surface area contributed by atoms with Crippen LogP contribution < -0.4 is 4.90 Å². The second-order valence-corrected chi connectivity index (χ2v) is 11.1. The standard InChI is InChI=1S/C28H34FN7O4/c29-20-10-18(11-21-26(20)35(15-30-21)19-4-3-8-39-14-19)24-25-27(36(16-31-25)23-5-1-2-9-40-23)33-28(32-24)34-7-6-17(13-37)22(38)12-34/h10-11,15-17,19,22-23,37-38H,1-9,12-14H2/t17-,19+,22+,23?/m1/s1. The van der Waals surface area contributed by atoms with Crippen molar-refractivity contribution in [3.63, 3.8) is 0 Å². The first-order chi connectivity index (χ1) is 19.6. The number of aromatic nitrogens is 6. The topological polar surface area (TPSA) is 124 Å². The van der Waals surface area contributed by atoms with E-state index in [1.165, 1.54) is 6.07 Å². The third-order valence-electron chi connectivity index (χ3n) is 8.54. The molecule has 40 heavy (non-hydrogen) atoms. The molecular weight excluding hydrogens is 517 g/mol. The Bertz CT molecular complexity index is 1510. The van der Waals surface area contributed by atoms with Gasteiger partial charge in [0.25, 0.3) is 0 Å². The molecule has 3 saturated heterocycles. The van der Waals surface area contributed by atoms with Crippen molar-refractivity contribution in [2.45, 2.75) is 56.9 Å². The first kappa shape index (κ1) is 25.8. The van der Waals surface area contributed by atoms with Crippen LogP contribution in [0.1, 0.15) is 50.8 Å². The Balaban J connectivity index is 1.34. The predicted octanol–water partition coefficient (Wildman–Crippen LogP) is 3.21. The number of piperidine rings is 1. The molecule has 3 aromatic heterocycles. The number of aliphatic hydroxyl groups is 2. The molecular formula is C28H34FN7O4. The molecule has 3 fully saturated rings. The Hall–Kier alpha value is -3.19. The zero-order valence-electron chi connectivity index (χ0n) is 22.3. The monoisotopic (exact) mass is 551 g/mol. The van der Waals surface area contributed by atoms with Gasteiger partial charge in [-0.3, -0.25) is 4.57 Å². The molecule has 7 rings (SSSR count). The highest BCUT2D eigenvalue weighted by Crippen LogP contribution is 2.35. The zero-order chi connectivity index (χ0) is 27.2. The minimum absolute atomic E-state index is 0.0518. The Morgan fingerprint density at radius 2 is 1.90 bits per heavy atom. The number of aliphatic hydroxyl groups excluding tert-OH is 2. The lowest BCUT2D eigenvalue weighted by atomic mass is 9.95. The lowest BCUT2D eigenvalue weighted by molar-refractivity contribution is -0.0298. The van der Waals surface area contributed by atoms with E-state index in [0.29, 0.717) is 72.1 Å². The number of imidazole rings is 2. The number of hydrogen-bond donors (Lipinski definition) is 2. The summed E-state index contributed by atoms with van der Waals surface area (Å²) in [5, 5.41) is 20.2. The van der Waals surface area contributed by atoms with Gasteiger partial charge in [-0.05, 0) is 50.7 Å². The van der Waals surface area contributed by atoms with Gasteiger partial charge in [0.15, 0.2) is 5.65 Å². The van der Waals surface area contributed by atoms with Gasteiger partial charge in [-0.15, -0.1) is 0 Å². The zero-order valence-corrected chi connectivity index (χ0v) is 22.3. The summed E-state index contributed by atoms with van der Waals surface area (Å²) in [6.07, 6.45) is 7.92. The van der Waals surface area contributed by atoms with Crippen molar-refractivity contribution in [3.05, 3.63) is 30.6 Å². The van der Waals surface area contributed by atoms with Gasteiger partial charge in [0.1, 0.15) is 28.8 Å². The molecule has 0 bridgehead atoms. The summed E-state index contributed by atoms with van der Waals surface area (Å²) in [6, 6.07) is 3.40. The van der Waals surface area contributed by atoms with E-state index in [4.69, 9.17) is 19.4 Å². The second-order valence-electron chi connectivity index (χ2n) is 11.1. The van der Waals surface area contributed by atoms with Crippen molar-refractivity contribution in [3.8, 4) is 11.3 Å². The van der Waals surface area contributed by atoms with E-state index < -0.39 is 6.10 Å². The van der Waals surface area contributed by atoms with Gasteiger partial charge < -0.3 is 29.2 Å². The summed E-state index contributed by atoms with van der Waals surface area (Å²) in [7, 11) is 0. The molecule has 3 aliphatic heterocycles. The highest BCUT2D eigenvalue weighted by atomic mass is 19.1. The molecule has 212 valence electrons. The highest BCUT2D eigenvalue weighted by Gasteiger charge is 2.30. The van der Waals surface area contributed by atoms with Gasteiger partial charge in [-0.2, -0.15) is 4.98 Å². The van der Waals surface area contributed by atoms with Crippen molar-refractivity contribution in [1.82, 2.24) is 29.1 Å². The minimum Gasteiger partial charge on any atom is -0.396 e. The van der Waals surface area contributed by atoms with Gasteiger partial charge in [-0.1, -0.05) is 0 Å². The van der Waals surface area contributed by atoms with Crippen LogP contribution in [-0.4, -0.2) is 84.9 Å². The molecule has 12 heteroatoms. The number of hydrogen-bond acceptors (Lipinski definition) is 9. The van der Waals surface area contributed by atoms with Crippen LogP contribution >= 0.6 is 0 Å². The molecule has 2 N–H and O–H groups in total. The Kier molecular flexibility index (Phi) is 6.86. The van der Waals surface area contributed by atoms with Gasteiger partial charge >= 0.3 is 0 Å². The molecule has 0 radical (unpaired) electrons. The van der Waals surface area contributed by atoms with Crippen LogP contribution in [0.25, 0.3) is 33.5 Å². The van der Waals surface area contributed by atoms with E-state index in [9.17, 15) is 10.2 Å². The van der Waals surface area contributed by atoms with Crippen LogP contribution in [0.5, 0.6) is 0 Å². The fraction of sp³-hybridized carbons (Fsp3) is 0.571. The molecule has 1 unspecified atom stereocenters. The SMILES string of the molecule is OC[C@H]1CCN(c2nc(-c3cc(F)c4c(c3)ncn4[C@H]3CCCOC3)c3ncn(C4CCCCO4)c3n2)C[C@@H]1O. The Morgan fingerprint density at radius 3 is 2.67 bits per heavy atom. The maximum atomic E-state index is 15.8. The maximum absolute atomic E-state index is 15.8. The van der Waals surface area contributed by atoms with Gasteiger partial charge in [-0.25, -0.2) is 19.3 Å². The molecule has 6 heterocycles. The first-order valence-corrected chi connectivity index (χ1v) is 14.2. The first-order valence-electron chi connectivity index (χ1n) is 14.2. The van der Waals surface area contributed by atoms with E-state index in [1.54, 1.807) is 12.7 Å². The van der Waals surface area contributed by atoms with E-state index in [-0.39, 0.29) is 30.6 Å². The van der Waals surface area contributed by atoms with E-state index >= 15 is 4.39 Å². The van der Waals surface area contributed by atoms with Crippen LogP contribution in [0, 0.1) is 11.7 Å². The molecule has 3 aliphatic rings. The van der Waals surface area contributed by atoms with E-state index in [0.717, 1.165) is 38.7 Å². The fourth-order valence-electron chi connectivity index (χ4n) is 6.25. The number of rotatable bonds is 5. The molecule has 1 aromatic carbocycles. The lowest BCUT2D eigenvalue weighted by Gasteiger charge is -2.35. The van der Waals surface area contributed by atoms with Crippen LogP contribution in [0.15, 0.2) is 24.8 Å². The molecule has 4 aromatic rings. The summed E-state index contributed by atoms with van der Waals surface area (Å²) in [5.74, 6) is -0.124. The van der Waals surface area contributed by atoms with Crippen molar-refractivity contribution in [2.75, 3.05) is 44.4 Å². The highest BCUT2D eigenvalue weighted by molar-refractivity contribution is 5.92. The third kappa shape index (κ3) is 4.52. The van der Waals surface area contributed by atoms with E-state index in [2.05, 4.69) is 9.97 Å². The number of ether oxygens (including phenoxy) is 2. The lowest BCUT2D eigenvalue weighted by Crippen LogP contribution is -2.45. The number of anilines is 1. The Labute approximate surface area is 230 Å². The Morgan fingerprint density at radius 1 is 1.00 bits per heavy atom. The second kappa shape index (κ2) is 10.7. The summed E-state index contributed by atoms with van der Waals surface area (Å²) in [4.78, 5) is 20.9. The molecule has 0 spiro atoms. The van der Waals surface area contributed by atoms with Crippen LogP contribution in [0.4, 0.5) is 10.3 Å². The molecule has 0 saturated carbocycles. The van der Waals surface area contributed by atoms with Crippen molar-refractivity contribution >= 4 is 28.1 Å². The third-order valence-corrected chi connectivity index (χ3v) is 8.54. The number of halogens is 1. The number of fused-ring (bicyclic) bond motifs is 2. The number of benzene rings is 1. The average molecular weight is 552 g/mol. The molecule has 4 atom stereocenters. The van der Waals surface area contributed by atoms with Crippen molar-refractivity contribution < 1.29 is 24.1 Å². The van der Waals surface area contributed by atoms with Crippen LogP contribution in [0.3, 0.4) is 0 Å². The minimum atomic E-state index is -0.699. The van der Waals surface area contributed by atoms with Gasteiger partial charge in [0, 0.05) is 44.4 Å². The number of β-amino-alcohol motifs (C(OH)–C–C–N with tert-alkyl or cyclic N) is 1. The summed E-state index contributed by atoms with van der Waals surface area (Å²) < 4.78 is 31.3. The van der Waals surface area contributed by atoms with Crippen LogP contribution in [0.2, 0.25) is 0 Å². The average Bonchev–Trinajstić information content (AvgIpc) is 3.62. The molecule has 0 aliphatic carbocycles. The summed E-state index contributed by atoms with van der Waals surface area (Å²) in [6.45, 7) is 2.77. The fourth-order valence-corrected chi connectivity index (χ4v) is 6.25. The predicted molar refractivity (Wildman–Crippen MR) is 145 cm³/mol. The molecule has 0 amide bonds. The van der Waals surface area contributed by atoms with Gasteiger partial charge in [0.2, 0.25) is 5.95 Å². The molecule has 11 nitrogen and oxygen atoms in total. The maximum Gasteiger partial charge on any atom is 0.228 e.